The van der Waals surface area contributed by atoms with Gasteiger partial charge >= 0.3 is 0 Å². The van der Waals surface area contributed by atoms with Crippen molar-refractivity contribution in [1.82, 2.24) is 25.0 Å². The Morgan fingerprint density at radius 3 is 2.88 bits per heavy atom. The molecule has 2 atom stereocenters. The minimum Gasteiger partial charge on any atom is -0.331 e. The minimum atomic E-state index is 0. The molecule has 1 aromatic heterocycles. The van der Waals surface area contributed by atoms with Crippen LogP contribution in [-0.2, 0) is 6.54 Å². The number of fused-ring (bicyclic) bond motifs is 2. The second kappa shape index (κ2) is 7.32. The zero-order valence-electron chi connectivity index (χ0n) is 13.5. The summed E-state index contributed by atoms with van der Waals surface area (Å²) >= 11 is 0. The fourth-order valence-corrected chi connectivity index (χ4v) is 3.81. The second-order valence-electron chi connectivity index (χ2n) is 6.34. The maximum Gasteiger partial charge on any atom is 0.254 e. The van der Waals surface area contributed by atoms with Crippen LogP contribution in [0.15, 0.2) is 36.9 Å². The van der Waals surface area contributed by atoms with E-state index in [2.05, 4.69) is 20.3 Å². The Balaban J connectivity index is 0.00000169. The number of carbonyl (C=O) groups is 1. The average Bonchev–Trinajstić information content (AvgIpc) is 3.14. The molecule has 0 spiro atoms. The lowest BCUT2D eigenvalue weighted by molar-refractivity contribution is 0.0679. The molecular weight excluding hydrogens is 326 g/mol. The van der Waals surface area contributed by atoms with Crippen LogP contribution in [0, 0.1) is 0 Å². The number of carbonyl (C=O) groups excluding carboxylic acids is 1. The highest BCUT2D eigenvalue weighted by Gasteiger charge is 2.38. The van der Waals surface area contributed by atoms with Gasteiger partial charge < -0.3 is 10.2 Å². The Morgan fingerprint density at radius 1 is 1.21 bits per heavy atom. The van der Waals surface area contributed by atoms with Gasteiger partial charge in [-0.25, -0.2) is 9.67 Å². The molecule has 2 unspecified atom stereocenters. The average molecular weight is 348 g/mol. The van der Waals surface area contributed by atoms with Crippen LogP contribution in [0.25, 0.3) is 0 Å². The Bertz CT molecular complexity index is 676. The molecule has 0 aliphatic carbocycles. The van der Waals surface area contributed by atoms with E-state index in [4.69, 9.17) is 0 Å². The molecule has 2 aliphatic heterocycles. The SMILES string of the molecule is Cl.O=C(c1ccccc1Cn1cncn1)N1C2CCNCC1CC2. The van der Waals surface area contributed by atoms with Gasteiger partial charge in [0.25, 0.3) is 5.91 Å². The van der Waals surface area contributed by atoms with Crippen molar-refractivity contribution in [2.24, 2.45) is 0 Å². The monoisotopic (exact) mass is 347 g/mol. The second-order valence-corrected chi connectivity index (χ2v) is 6.34. The summed E-state index contributed by atoms with van der Waals surface area (Å²) in [6, 6.07) is 8.56. The molecule has 6 nitrogen and oxygen atoms in total. The van der Waals surface area contributed by atoms with E-state index in [1.54, 1.807) is 11.0 Å². The lowest BCUT2D eigenvalue weighted by Crippen LogP contribution is -2.42. The van der Waals surface area contributed by atoms with E-state index in [0.29, 0.717) is 18.6 Å². The smallest absolute Gasteiger partial charge is 0.254 e. The zero-order chi connectivity index (χ0) is 15.6. The normalized spacial score (nSPS) is 22.8. The van der Waals surface area contributed by atoms with Crippen molar-refractivity contribution in [3.63, 3.8) is 0 Å². The lowest BCUT2D eigenvalue weighted by atomic mass is 10.0. The Kier molecular flexibility index (Phi) is 5.16. The molecule has 2 bridgehead atoms. The molecule has 7 heteroatoms. The zero-order valence-corrected chi connectivity index (χ0v) is 14.3. The van der Waals surface area contributed by atoms with Crippen LogP contribution in [0.3, 0.4) is 0 Å². The number of hydrogen-bond donors (Lipinski definition) is 1. The maximum atomic E-state index is 13.2. The molecule has 1 amide bonds. The van der Waals surface area contributed by atoms with Crippen LogP contribution in [0.4, 0.5) is 0 Å². The van der Waals surface area contributed by atoms with Gasteiger partial charge in [0.1, 0.15) is 12.7 Å². The first kappa shape index (κ1) is 16.9. The third kappa shape index (κ3) is 3.16. The third-order valence-electron chi connectivity index (χ3n) is 4.94. The van der Waals surface area contributed by atoms with Crippen LogP contribution in [0.5, 0.6) is 0 Å². The first-order chi connectivity index (χ1) is 11.3. The molecule has 24 heavy (non-hydrogen) atoms. The summed E-state index contributed by atoms with van der Waals surface area (Å²) < 4.78 is 1.75. The third-order valence-corrected chi connectivity index (χ3v) is 4.94. The van der Waals surface area contributed by atoms with Crippen LogP contribution in [0.1, 0.15) is 35.2 Å². The first-order valence-corrected chi connectivity index (χ1v) is 8.26. The van der Waals surface area contributed by atoms with Gasteiger partial charge in [0.15, 0.2) is 0 Å². The summed E-state index contributed by atoms with van der Waals surface area (Å²) in [5.74, 6) is 0.164. The molecule has 3 heterocycles. The Morgan fingerprint density at radius 2 is 2.04 bits per heavy atom. The summed E-state index contributed by atoms with van der Waals surface area (Å²) in [6.45, 7) is 2.49. The van der Waals surface area contributed by atoms with Crippen molar-refractivity contribution in [3.8, 4) is 0 Å². The maximum absolute atomic E-state index is 13.2. The van der Waals surface area contributed by atoms with E-state index in [1.807, 2.05) is 24.3 Å². The molecule has 1 N–H and O–H groups in total. The summed E-state index contributed by atoms with van der Waals surface area (Å²) in [5, 5.41) is 7.60. The standard InChI is InChI=1S/C17H21N5O.ClH/c23-17(22-14-5-6-15(22)9-18-8-7-14)16-4-2-1-3-13(16)10-21-12-19-11-20-21;/h1-4,11-12,14-15,18H,5-10H2;1H. The molecule has 2 aliphatic rings. The van der Waals surface area contributed by atoms with Crippen LogP contribution in [-0.4, -0.2) is 50.7 Å². The predicted octanol–water partition coefficient (Wildman–Crippen LogP) is 1.71. The highest BCUT2D eigenvalue weighted by atomic mass is 35.5. The van der Waals surface area contributed by atoms with Crippen molar-refractivity contribution >= 4 is 18.3 Å². The summed E-state index contributed by atoms with van der Waals surface area (Å²) in [6.07, 6.45) is 6.48. The van der Waals surface area contributed by atoms with Gasteiger partial charge in [0.2, 0.25) is 0 Å². The topological polar surface area (TPSA) is 63.1 Å². The van der Waals surface area contributed by atoms with Crippen molar-refractivity contribution < 1.29 is 4.79 Å². The number of amides is 1. The van der Waals surface area contributed by atoms with Gasteiger partial charge in [0.05, 0.1) is 6.54 Å². The molecule has 1 aromatic carbocycles. The van der Waals surface area contributed by atoms with Gasteiger partial charge in [-0.1, -0.05) is 18.2 Å². The van der Waals surface area contributed by atoms with Gasteiger partial charge in [-0.3, -0.25) is 4.79 Å². The van der Waals surface area contributed by atoms with Gasteiger partial charge in [-0.2, -0.15) is 5.10 Å². The van der Waals surface area contributed by atoms with Crippen molar-refractivity contribution in [2.75, 3.05) is 13.1 Å². The van der Waals surface area contributed by atoms with E-state index >= 15 is 0 Å². The number of benzene rings is 1. The molecule has 2 saturated heterocycles. The number of nitrogens with one attached hydrogen (secondary N) is 1. The molecule has 0 radical (unpaired) electrons. The quantitative estimate of drug-likeness (QED) is 0.918. The van der Waals surface area contributed by atoms with Crippen molar-refractivity contribution in [1.29, 1.82) is 0 Å². The summed E-state index contributed by atoms with van der Waals surface area (Å²) in [7, 11) is 0. The Hall–Kier alpha value is -1.92. The van der Waals surface area contributed by atoms with Crippen molar-refractivity contribution in [3.05, 3.63) is 48.0 Å². The van der Waals surface area contributed by atoms with Gasteiger partial charge in [0, 0.05) is 24.2 Å². The van der Waals surface area contributed by atoms with Crippen LogP contribution < -0.4 is 5.32 Å². The summed E-state index contributed by atoms with van der Waals surface area (Å²) in [4.78, 5) is 19.3. The van der Waals surface area contributed by atoms with Crippen LogP contribution in [0.2, 0.25) is 0 Å². The Labute approximate surface area is 147 Å². The highest BCUT2D eigenvalue weighted by Crippen LogP contribution is 2.30. The fraction of sp³-hybridized carbons (Fsp3) is 0.471. The largest absolute Gasteiger partial charge is 0.331 e. The molecule has 2 fully saturated rings. The van der Waals surface area contributed by atoms with E-state index in [9.17, 15) is 4.79 Å². The lowest BCUT2D eigenvalue weighted by Gasteiger charge is -2.28. The summed E-state index contributed by atoms with van der Waals surface area (Å²) in [5.41, 5.74) is 1.79. The van der Waals surface area contributed by atoms with E-state index in [1.165, 1.54) is 6.33 Å². The molecule has 2 aromatic rings. The van der Waals surface area contributed by atoms with Crippen LogP contribution >= 0.6 is 12.4 Å². The van der Waals surface area contributed by atoms with Gasteiger partial charge in [-0.05, 0) is 37.4 Å². The first-order valence-electron chi connectivity index (χ1n) is 8.26. The predicted molar refractivity (Wildman–Crippen MR) is 93.3 cm³/mol. The van der Waals surface area contributed by atoms with E-state index < -0.39 is 0 Å². The molecule has 0 saturated carbocycles. The number of halogens is 1. The molecule has 4 rings (SSSR count). The number of rotatable bonds is 3. The highest BCUT2D eigenvalue weighted by molar-refractivity contribution is 5.96. The molecule has 128 valence electrons. The van der Waals surface area contributed by atoms with Crippen molar-refractivity contribution in [2.45, 2.75) is 37.9 Å². The van der Waals surface area contributed by atoms with E-state index in [0.717, 1.165) is 43.5 Å². The fourth-order valence-electron chi connectivity index (χ4n) is 3.81. The number of nitrogens with zero attached hydrogens (tertiary/aromatic N) is 4. The van der Waals surface area contributed by atoms with E-state index in [-0.39, 0.29) is 18.3 Å². The minimum absolute atomic E-state index is 0. The molecular formula is C17H22ClN5O. The number of hydrogen-bond acceptors (Lipinski definition) is 4. The van der Waals surface area contributed by atoms with Gasteiger partial charge in [-0.15, -0.1) is 12.4 Å². The number of aromatic nitrogens is 3.